The minimum Gasteiger partial charge on any atom is -0.458 e. The molecular weight excluding hydrogens is 238 g/mol. The smallest absolute Gasteiger partial charge is 0.258 e. The molecule has 0 radical (unpaired) electrons. The van der Waals surface area contributed by atoms with Crippen LogP contribution in [0.25, 0.3) is 0 Å². The minimum atomic E-state index is -0.116. The first-order chi connectivity index (χ1) is 8.24. The topological polar surface area (TPSA) is 47.6 Å². The van der Waals surface area contributed by atoms with Crippen LogP contribution < -0.4 is 14.8 Å². The maximum Gasteiger partial charge on any atom is 0.258 e. The Bertz CT molecular complexity index is 523. The van der Waals surface area contributed by atoms with Crippen molar-refractivity contribution < 1.29 is 14.3 Å². The molecule has 17 heavy (non-hydrogen) atoms. The number of amides is 1. The predicted molar refractivity (Wildman–Crippen MR) is 64.5 cm³/mol. The molecule has 2 aliphatic heterocycles. The van der Waals surface area contributed by atoms with E-state index in [1.807, 2.05) is 18.2 Å². The Morgan fingerprint density at radius 2 is 2.00 bits per heavy atom. The van der Waals surface area contributed by atoms with Crippen molar-refractivity contribution in [1.82, 2.24) is 5.32 Å². The average Bonchev–Trinajstić information content (AvgIpc) is 2.69. The highest BCUT2D eigenvalue weighted by Crippen LogP contribution is 2.40. The molecule has 0 aliphatic carbocycles. The Balaban J connectivity index is 1.90. The van der Waals surface area contributed by atoms with Gasteiger partial charge in [-0.15, -0.1) is 0 Å². The fourth-order valence-corrected chi connectivity index (χ4v) is 2.55. The van der Waals surface area contributed by atoms with Gasteiger partial charge in [-0.05, 0) is 17.7 Å². The summed E-state index contributed by atoms with van der Waals surface area (Å²) >= 11 is 1.41. The zero-order chi connectivity index (χ0) is 11.8. The van der Waals surface area contributed by atoms with Gasteiger partial charge in [0, 0.05) is 0 Å². The number of carbonyl (C=O) groups excluding carboxylic acids is 1. The Morgan fingerprint density at radius 1 is 1.24 bits per heavy atom. The van der Waals surface area contributed by atoms with E-state index < -0.39 is 0 Å². The van der Waals surface area contributed by atoms with Gasteiger partial charge in [0.15, 0.2) is 11.5 Å². The fourth-order valence-electron chi connectivity index (χ4n) is 1.66. The van der Waals surface area contributed by atoms with Gasteiger partial charge < -0.3 is 14.8 Å². The Kier molecular flexibility index (Phi) is 2.33. The van der Waals surface area contributed by atoms with Crippen LogP contribution in [0.3, 0.4) is 0 Å². The molecular formula is C12H9NO3S. The summed E-state index contributed by atoms with van der Waals surface area (Å²) in [5, 5.41) is 2.73. The summed E-state index contributed by atoms with van der Waals surface area (Å²) in [5.41, 5.74) is 0.958. The van der Waals surface area contributed by atoms with E-state index in [1.54, 1.807) is 0 Å². The van der Waals surface area contributed by atoms with E-state index in [-0.39, 0.29) is 11.3 Å². The number of hydrogen-bond donors (Lipinski definition) is 1. The molecule has 2 heterocycles. The number of carbonyl (C=O) groups is 1. The molecule has 1 fully saturated rings. The molecule has 1 aromatic rings. The molecule has 0 bridgehead atoms. The molecule has 5 heteroatoms. The lowest BCUT2D eigenvalue weighted by molar-refractivity contribution is -0.116. The largest absolute Gasteiger partial charge is 0.458 e. The molecule has 86 valence electrons. The van der Waals surface area contributed by atoms with Gasteiger partial charge >= 0.3 is 0 Å². The quantitative estimate of drug-likeness (QED) is 0.773. The third-order valence-corrected chi connectivity index (χ3v) is 3.59. The van der Waals surface area contributed by atoms with Gasteiger partial charge in [0.25, 0.3) is 5.91 Å². The third kappa shape index (κ3) is 1.78. The molecule has 3 rings (SSSR count). The van der Waals surface area contributed by atoms with E-state index in [9.17, 15) is 4.79 Å². The molecule has 1 unspecified atom stereocenters. The molecule has 0 aromatic heterocycles. The van der Waals surface area contributed by atoms with Gasteiger partial charge in [-0.1, -0.05) is 24.4 Å². The normalized spacial score (nSPS) is 21.5. The van der Waals surface area contributed by atoms with Crippen molar-refractivity contribution >= 4 is 17.7 Å². The van der Waals surface area contributed by atoms with E-state index in [0.717, 1.165) is 5.56 Å². The van der Waals surface area contributed by atoms with Crippen molar-refractivity contribution in [3.8, 4) is 11.5 Å². The first-order valence-electron chi connectivity index (χ1n) is 5.03. The van der Waals surface area contributed by atoms with E-state index in [0.29, 0.717) is 16.4 Å². The molecule has 1 N–H and O–H groups in total. The average molecular weight is 247 g/mol. The number of nitrogens with one attached hydrogen (secondary N) is 1. The second kappa shape index (κ2) is 3.85. The highest BCUT2D eigenvalue weighted by molar-refractivity contribution is 8.04. The van der Waals surface area contributed by atoms with Crippen molar-refractivity contribution in [2.75, 3.05) is 0 Å². The third-order valence-electron chi connectivity index (χ3n) is 2.49. The summed E-state index contributed by atoms with van der Waals surface area (Å²) in [4.78, 5) is 11.9. The highest BCUT2D eigenvalue weighted by Gasteiger charge is 2.27. The molecule has 2 aliphatic rings. The summed E-state index contributed by atoms with van der Waals surface area (Å²) in [6.07, 6.45) is 2.96. The predicted octanol–water partition coefficient (Wildman–Crippen LogP) is 2.30. The molecule has 1 aromatic carbocycles. The van der Waals surface area contributed by atoms with Crippen LogP contribution in [0.4, 0.5) is 0 Å². The highest BCUT2D eigenvalue weighted by atomic mass is 32.2. The zero-order valence-electron chi connectivity index (χ0n) is 8.80. The van der Waals surface area contributed by atoms with E-state index in [1.165, 1.54) is 24.3 Å². The number of ether oxygens (including phenoxy) is 2. The number of hydrogen-bond acceptors (Lipinski definition) is 4. The molecule has 4 nitrogen and oxygen atoms in total. The Labute approximate surface area is 102 Å². The van der Waals surface area contributed by atoms with Crippen LogP contribution in [0.2, 0.25) is 0 Å². The van der Waals surface area contributed by atoms with Crippen LogP contribution in [0.15, 0.2) is 42.2 Å². The number of fused-ring (bicyclic) bond motifs is 1. The molecule has 1 saturated heterocycles. The second-order valence-electron chi connectivity index (χ2n) is 3.61. The summed E-state index contributed by atoms with van der Waals surface area (Å²) in [5.74, 6) is 1.21. The molecule has 1 atom stereocenters. The van der Waals surface area contributed by atoms with Gasteiger partial charge in [0.05, 0.1) is 4.91 Å². The van der Waals surface area contributed by atoms with E-state index >= 15 is 0 Å². The van der Waals surface area contributed by atoms with Gasteiger partial charge in [0.2, 0.25) is 0 Å². The number of rotatable bonds is 1. The summed E-state index contributed by atoms with van der Waals surface area (Å²) in [6.45, 7) is 3.68. The minimum absolute atomic E-state index is 0.102. The van der Waals surface area contributed by atoms with Crippen molar-refractivity contribution in [3.05, 3.63) is 47.8 Å². The first-order valence-corrected chi connectivity index (χ1v) is 5.91. The monoisotopic (exact) mass is 247 g/mol. The van der Waals surface area contributed by atoms with E-state index in [4.69, 9.17) is 9.47 Å². The summed E-state index contributed by atoms with van der Waals surface area (Å²) in [7, 11) is 0. The maximum absolute atomic E-state index is 11.3. The first kappa shape index (κ1) is 10.3. The number of thioether (sulfide) groups is 1. The Morgan fingerprint density at radius 3 is 2.71 bits per heavy atom. The lowest BCUT2D eigenvalue weighted by Crippen LogP contribution is -2.18. The van der Waals surface area contributed by atoms with Gasteiger partial charge in [-0.3, -0.25) is 4.79 Å². The van der Waals surface area contributed by atoms with Crippen molar-refractivity contribution in [1.29, 1.82) is 0 Å². The lowest BCUT2D eigenvalue weighted by Gasteiger charge is -2.15. The van der Waals surface area contributed by atoms with Crippen LogP contribution in [-0.2, 0) is 4.79 Å². The van der Waals surface area contributed by atoms with Crippen molar-refractivity contribution in [2.24, 2.45) is 0 Å². The number of benzene rings is 1. The van der Waals surface area contributed by atoms with Crippen LogP contribution in [0.1, 0.15) is 10.9 Å². The maximum atomic E-state index is 11.3. The molecule has 1 amide bonds. The summed E-state index contributed by atoms with van der Waals surface area (Å²) in [6, 6.07) is 5.58. The van der Waals surface area contributed by atoms with Crippen LogP contribution >= 0.6 is 11.8 Å². The Hall–Kier alpha value is -1.88. The van der Waals surface area contributed by atoms with Crippen LogP contribution in [-0.4, -0.2) is 5.91 Å². The van der Waals surface area contributed by atoms with Gasteiger partial charge in [-0.25, -0.2) is 0 Å². The van der Waals surface area contributed by atoms with Crippen molar-refractivity contribution in [3.63, 3.8) is 0 Å². The van der Waals surface area contributed by atoms with Crippen LogP contribution in [0, 0.1) is 0 Å². The lowest BCUT2D eigenvalue weighted by atomic mass is 10.2. The van der Waals surface area contributed by atoms with E-state index in [2.05, 4.69) is 11.9 Å². The van der Waals surface area contributed by atoms with Gasteiger partial charge in [-0.2, -0.15) is 0 Å². The standard InChI is InChI=1S/C12H9NO3S/c1-7-11(14)13-12(17-7)8-2-3-9-10(6-8)16-5-4-15-9/h2-6,12H,1H2,(H,13,14). The summed E-state index contributed by atoms with van der Waals surface area (Å²) < 4.78 is 10.6. The SMILES string of the molecule is C=C1SC(c2ccc3c(c2)OC=CO3)NC1=O. The second-order valence-corrected chi connectivity index (χ2v) is 4.81. The fraction of sp³-hybridized carbons (Fsp3) is 0.0833. The zero-order valence-corrected chi connectivity index (χ0v) is 9.62. The molecule has 0 spiro atoms. The van der Waals surface area contributed by atoms with Gasteiger partial charge in [0.1, 0.15) is 17.9 Å². The van der Waals surface area contributed by atoms with Crippen LogP contribution in [0.5, 0.6) is 11.5 Å². The molecule has 0 saturated carbocycles. The van der Waals surface area contributed by atoms with Crippen molar-refractivity contribution in [2.45, 2.75) is 5.37 Å².